The predicted octanol–water partition coefficient (Wildman–Crippen LogP) is 3.17. The van der Waals surface area contributed by atoms with Crippen LogP contribution in [0, 0.1) is 0 Å². The fourth-order valence-corrected chi connectivity index (χ4v) is 1.89. The van der Waals surface area contributed by atoms with E-state index in [0.717, 1.165) is 5.56 Å². The number of pyridine rings is 1. The van der Waals surface area contributed by atoms with Crippen LogP contribution in [0.4, 0.5) is 0 Å². The molecule has 0 aliphatic heterocycles. The summed E-state index contributed by atoms with van der Waals surface area (Å²) in [4.78, 5) is 16.2. The van der Waals surface area contributed by atoms with Crippen LogP contribution in [0.2, 0.25) is 5.02 Å². The van der Waals surface area contributed by atoms with Crippen molar-refractivity contribution in [2.75, 3.05) is 7.11 Å². The zero-order valence-corrected chi connectivity index (χ0v) is 10.6. The van der Waals surface area contributed by atoms with Crippen molar-refractivity contribution < 1.29 is 9.53 Å². The molecule has 0 fully saturated rings. The quantitative estimate of drug-likeness (QED) is 0.794. The molecule has 0 aliphatic rings. The number of methoxy groups -OCH3 is 1. The number of aromatic nitrogens is 1. The minimum Gasteiger partial charge on any atom is -0.494 e. The normalized spacial score (nSPS) is 10.1. The molecule has 2 rings (SSSR count). The molecule has 0 radical (unpaired) electrons. The number of benzene rings is 1. The molecule has 4 heteroatoms. The lowest BCUT2D eigenvalue weighted by atomic mass is 10.1. The molecule has 0 bridgehead atoms. The Bertz CT molecular complexity index is 569. The number of rotatable bonds is 4. The van der Waals surface area contributed by atoms with Gasteiger partial charge in [0.15, 0.2) is 5.78 Å². The first-order chi connectivity index (χ1) is 8.70. The smallest absolute Gasteiger partial charge is 0.189 e. The first-order valence-electron chi connectivity index (χ1n) is 5.47. The Kier molecular flexibility index (Phi) is 3.95. The van der Waals surface area contributed by atoms with Crippen LogP contribution in [-0.2, 0) is 6.42 Å². The largest absolute Gasteiger partial charge is 0.494 e. The molecule has 0 unspecified atom stereocenters. The lowest BCUT2D eigenvalue weighted by Crippen LogP contribution is -2.08. The van der Waals surface area contributed by atoms with E-state index in [9.17, 15) is 4.79 Å². The van der Waals surface area contributed by atoms with E-state index in [2.05, 4.69) is 4.98 Å². The van der Waals surface area contributed by atoms with Gasteiger partial charge in [-0.1, -0.05) is 23.7 Å². The Hall–Kier alpha value is -1.87. The van der Waals surface area contributed by atoms with Crippen LogP contribution in [0.15, 0.2) is 42.6 Å². The molecule has 1 aromatic carbocycles. The van der Waals surface area contributed by atoms with E-state index in [1.54, 1.807) is 30.5 Å². The van der Waals surface area contributed by atoms with Crippen LogP contribution in [-0.4, -0.2) is 17.9 Å². The lowest BCUT2D eigenvalue weighted by molar-refractivity contribution is 0.0985. The van der Waals surface area contributed by atoms with Crippen LogP contribution in [0.1, 0.15) is 16.1 Å². The number of ketones is 1. The average molecular weight is 262 g/mol. The molecule has 0 amide bonds. The summed E-state index contributed by atoms with van der Waals surface area (Å²) >= 11 is 5.88. The second-order valence-corrected chi connectivity index (χ2v) is 4.22. The van der Waals surface area contributed by atoms with Gasteiger partial charge in [0.25, 0.3) is 0 Å². The monoisotopic (exact) mass is 261 g/mol. The van der Waals surface area contributed by atoms with Crippen molar-refractivity contribution in [1.29, 1.82) is 0 Å². The van der Waals surface area contributed by atoms with Gasteiger partial charge in [-0.25, -0.2) is 4.98 Å². The molecule has 1 heterocycles. The van der Waals surface area contributed by atoms with E-state index in [1.165, 1.54) is 7.11 Å². The molecule has 0 spiro atoms. The second kappa shape index (κ2) is 5.65. The summed E-state index contributed by atoms with van der Waals surface area (Å²) in [6.45, 7) is 0. The molecule has 0 N–H and O–H groups in total. The van der Waals surface area contributed by atoms with Gasteiger partial charge in [0, 0.05) is 17.6 Å². The third-order valence-electron chi connectivity index (χ3n) is 2.51. The number of nitrogens with zero attached hydrogens (tertiary/aromatic N) is 1. The average Bonchev–Trinajstić information content (AvgIpc) is 2.38. The van der Waals surface area contributed by atoms with Crippen molar-refractivity contribution in [3.05, 3.63) is 58.9 Å². The molecule has 92 valence electrons. The molecule has 0 aliphatic carbocycles. The highest BCUT2D eigenvalue weighted by atomic mass is 35.5. The Morgan fingerprint density at radius 1 is 1.33 bits per heavy atom. The molecule has 0 saturated carbocycles. The maximum absolute atomic E-state index is 12.1. The maximum Gasteiger partial charge on any atom is 0.189 e. The van der Waals surface area contributed by atoms with Gasteiger partial charge in [0.05, 0.1) is 7.11 Å². The van der Waals surface area contributed by atoms with Gasteiger partial charge in [-0.3, -0.25) is 4.79 Å². The van der Waals surface area contributed by atoms with E-state index < -0.39 is 0 Å². The van der Waals surface area contributed by atoms with Gasteiger partial charge in [0.1, 0.15) is 11.4 Å². The summed E-state index contributed by atoms with van der Waals surface area (Å²) in [6, 6.07) is 10.7. The fraction of sp³-hybridized carbons (Fsp3) is 0.143. The summed E-state index contributed by atoms with van der Waals surface area (Å²) in [7, 11) is 1.52. The van der Waals surface area contributed by atoms with Gasteiger partial charge in [-0.15, -0.1) is 0 Å². The van der Waals surface area contributed by atoms with E-state index >= 15 is 0 Å². The standard InChI is InChI=1S/C14H12ClNO2/c1-18-13-6-3-7-16-14(13)12(17)9-10-4-2-5-11(15)8-10/h2-8H,9H2,1H3. The molecule has 3 nitrogen and oxygen atoms in total. The molecular weight excluding hydrogens is 250 g/mol. The number of Topliss-reactive ketones (excluding diaryl/α,β-unsaturated/α-hetero) is 1. The van der Waals surface area contributed by atoms with Crippen LogP contribution >= 0.6 is 11.6 Å². The fourth-order valence-electron chi connectivity index (χ4n) is 1.68. The van der Waals surface area contributed by atoms with E-state index in [-0.39, 0.29) is 12.2 Å². The highest BCUT2D eigenvalue weighted by molar-refractivity contribution is 6.30. The zero-order chi connectivity index (χ0) is 13.0. The highest BCUT2D eigenvalue weighted by Crippen LogP contribution is 2.18. The molecule has 0 saturated heterocycles. The van der Waals surface area contributed by atoms with Crippen molar-refractivity contribution >= 4 is 17.4 Å². The number of carbonyl (C=O) groups excluding carboxylic acids is 1. The Balaban J connectivity index is 2.22. The summed E-state index contributed by atoms with van der Waals surface area (Å²) < 4.78 is 5.12. The highest BCUT2D eigenvalue weighted by Gasteiger charge is 2.13. The van der Waals surface area contributed by atoms with Crippen molar-refractivity contribution in [3.63, 3.8) is 0 Å². The number of carbonyl (C=O) groups is 1. The van der Waals surface area contributed by atoms with Crippen molar-refractivity contribution in [2.24, 2.45) is 0 Å². The van der Waals surface area contributed by atoms with E-state index in [1.807, 2.05) is 12.1 Å². The molecule has 18 heavy (non-hydrogen) atoms. The molecular formula is C14H12ClNO2. The maximum atomic E-state index is 12.1. The van der Waals surface area contributed by atoms with Gasteiger partial charge in [0.2, 0.25) is 0 Å². The number of hydrogen-bond acceptors (Lipinski definition) is 3. The predicted molar refractivity (Wildman–Crippen MR) is 70.3 cm³/mol. The third kappa shape index (κ3) is 2.87. The van der Waals surface area contributed by atoms with Crippen LogP contribution in [0.5, 0.6) is 5.75 Å². The number of halogens is 1. The first kappa shape index (κ1) is 12.6. The van der Waals surface area contributed by atoms with Gasteiger partial charge >= 0.3 is 0 Å². The zero-order valence-electron chi connectivity index (χ0n) is 9.89. The number of ether oxygens (including phenoxy) is 1. The van der Waals surface area contributed by atoms with Crippen LogP contribution < -0.4 is 4.74 Å². The van der Waals surface area contributed by atoms with Crippen molar-refractivity contribution in [2.45, 2.75) is 6.42 Å². The third-order valence-corrected chi connectivity index (χ3v) is 2.74. The van der Waals surface area contributed by atoms with Crippen LogP contribution in [0.3, 0.4) is 0 Å². The van der Waals surface area contributed by atoms with Crippen LogP contribution in [0.25, 0.3) is 0 Å². The summed E-state index contributed by atoms with van der Waals surface area (Å²) in [6.07, 6.45) is 1.83. The van der Waals surface area contributed by atoms with E-state index in [0.29, 0.717) is 16.5 Å². The summed E-state index contributed by atoms with van der Waals surface area (Å²) in [5.74, 6) is 0.402. The topological polar surface area (TPSA) is 39.2 Å². The number of hydrogen-bond donors (Lipinski definition) is 0. The van der Waals surface area contributed by atoms with Gasteiger partial charge in [-0.05, 0) is 29.8 Å². The van der Waals surface area contributed by atoms with Crippen molar-refractivity contribution in [3.8, 4) is 5.75 Å². The van der Waals surface area contributed by atoms with E-state index in [4.69, 9.17) is 16.3 Å². The Morgan fingerprint density at radius 3 is 2.89 bits per heavy atom. The first-order valence-corrected chi connectivity index (χ1v) is 5.85. The summed E-state index contributed by atoms with van der Waals surface area (Å²) in [5, 5.41) is 0.619. The molecule has 0 atom stereocenters. The summed E-state index contributed by atoms with van der Waals surface area (Å²) in [5.41, 5.74) is 1.21. The Morgan fingerprint density at radius 2 is 2.17 bits per heavy atom. The Labute approximate surface area is 110 Å². The lowest BCUT2D eigenvalue weighted by Gasteiger charge is -2.06. The van der Waals surface area contributed by atoms with Gasteiger partial charge in [-0.2, -0.15) is 0 Å². The van der Waals surface area contributed by atoms with Crippen molar-refractivity contribution in [1.82, 2.24) is 4.98 Å². The van der Waals surface area contributed by atoms with Gasteiger partial charge < -0.3 is 4.74 Å². The second-order valence-electron chi connectivity index (χ2n) is 3.78. The minimum absolute atomic E-state index is 0.0882. The molecule has 2 aromatic rings. The molecule has 1 aromatic heterocycles. The SMILES string of the molecule is COc1cccnc1C(=O)Cc1cccc(Cl)c1. The minimum atomic E-state index is -0.0882.